The van der Waals surface area contributed by atoms with Crippen molar-refractivity contribution in [2.45, 2.75) is 24.3 Å². The summed E-state index contributed by atoms with van der Waals surface area (Å²) in [5, 5.41) is 8.33. The van der Waals surface area contributed by atoms with Gasteiger partial charge in [0.15, 0.2) is 16.8 Å². The van der Waals surface area contributed by atoms with Gasteiger partial charge in [-0.25, -0.2) is 8.78 Å². The van der Waals surface area contributed by atoms with Crippen LogP contribution in [0.3, 0.4) is 0 Å². The highest BCUT2D eigenvalue weighted by molar-refractivity contribution is 8.00. The molecule has 3 rings (SSSR count). The van der Waals surface area contributed by atoms with Crippen LogP contribution >= 0.6 is 11.8 Å². The third kappa shape index (κ3) is 3.53. The zero-order chi connectivity index (χ0) is 18.8. The molecule has 0 radical (unpaired) electrons. The smallest absolute Gasteiger partial charge is 0.191 e. The number of rotatable bonds is 5. The predicted molar refractivity (Wildman–Crippen MR) is 97.2 cm³/mol. The maximum absolute atomic E-state index is 13.8. The van der Waals surface area contributed by atoms with E-state index in [0.29, 0.717) is 17.0 Å². The van der Waals surface area contributed by atoms with Gasteiger partial charge in [-0.15, -0.1) is 10.2 Å². The van der Waals surface area contributed by atoms with E-state index in [1.165, 1.54) is 17.8 Å². The molecule has 1 unspecified atom stereocenters. The fourth-order valence-electron chi connectivity index (χ4n) is 2.60. The van der Waals surface area contributed by atoms with E-state index in [9.17, 15) is 13.6 Å². The predicted octanol–water partition coefficient (Wildman–Crippen LogP) is 4.43. The molecule has 0 aliphatic rings. The molecule has 0 saturated carbocycles. The maximum Gasteiger partial charge on any atom is 0.191 e. The average molecular weight is 373 g/mol. The standard InChI is InChI=1S/C19H17F2N3OS/c1-11-6-4-5-7-14(11)18-22-23-19(24(18)3)26-12(2)17(25)15-9-8-13(20)10-16(15)21/h4-10,12H,1-3H3. The van der Waals surface area contributed by atoms with Crippen molar-refractivity contribution in [1.29, 1.82) is 0 Å². The average Bonchev–Trinajstić information content (AvgIpc) is 2.95. The summed E-state index contributed by atoms with van der Waals surface area (Å²) in [6, 6.07) is 10.8. The van der Waals surface area contributed by atoms with Crippen molar-refractivity contribution in [3.8, 4) is 11.4 Å². The zero-order valence-corrected chi connectivity index (χ0v) is 15.3. The minimum absolute atomic E-state index is 0.132. The molecule has 2 aromatic carbocycles. The summed E-state index contributed by atoms with van der Waals surface area (Å²) < 4.78 is 28.7. The van der Waals surface area contributed by atoms with Crippen molar-refractivity contribution >= 4 is 17.5 Å². The molecule has 7 heteroatoms. The molecule has 1 heterocycles. The number of benzene rings is 2. The summed E-state index contributed by atoms with van der Waals surface area (Å²) in [6.07, 6.45) is 0. The molecule has 134 valence electrons. The van der Waals surface area contributed by atoms with Crippen LogP contribution in [0.5, 0.6) is 0 Å². The van der Waals surface area contributed by atoms with Crippen LogP contribution in [-0.2, 0) is 7.05 Å². The Morgan fingerprint density at radius 1 is 1.15 bits per heavy atom. The van der Waals surface area contributed by atoms with E-state index in [-0.39, 0.29) is 5.56 Å². The molecule has 0 fully saturated rings. The number of thioether (sulfide) groups is 1. The van der Waals surface area contributed by atoms with E-state index in [2.05, 4.69) is 10.2 Å². The van der Waals surface area contributed by atoms with Crippen LogP contribution in [0, 0.1) is 18.6 Å². The number of hydrogen-bond acceptors (Lipinski definition) is 4. The second-order valence-corrected chi connectivity index (χ2v) is 7.24. The van der Waals surface area contributed by atoms with Crippen molar-refractivity contribution < 1.29 is 13.6 Å². The fourth-order valence-corrected chi connectivity index (χ4v) is 3.48. The van der Waals surface area contributed by atoms with Crippen molar-refractivity contribution in [1.82, 2.24) is 14.8 Å². The lowest BCUT2D eigenvalue weighted by Gasteiger charge is -2.11. The van der Waals surface area contributed by atoms with Crippen molar-refractivity contribution in [3.05, 3.63) is 65.2 Å². The number of aromatic nitrogens is 3. The van der Waals surface area contributed by atoms with Crippen LogP contribution in [-0.4, -0.2) is 25.8 Å². The lowest BCUT2D eigenvalue weighted by molar-refractivity contribution is 0.0990. The molecule has 0 spiro atoms. The Hall–Kier alpha value is -2.54. The van der Waals surface area contributed by atoms with Gasteiger partial charge in [0.05, 0.1) is 10.8 Å². The number of Topliss-reactive ketones (excluding diaryl/α,β-unsaturated/α-hetero) is 1. The highest BCUT2D eigenvalue weighted by Crippen LogP contribution is 2.29. The van der Waals surface area contributed by atoms with Crippen LogP contribution in [0.1, 0.15) is 22.8 Å². The van der Waals surface area contributed by atoms with Crippen LogP contribution in [0.25, 0.3) is 11.4 Å². The molecule has 3 aromatic rings. The van der Waals surface area contributed by atoms with Gasteiger partial charge in [0, 0.05) is 18.7 Å². The van der Waals surface area contributed by atoms with Crippen LogP contribution < -0.4 is 0 Å². The summed E-state index contributed by atoms with van der Waals surface area (Å²) >= 11 is 1.19. The van der Waals surface area contributed by atoms with Gasteiger partial charge in [-0.1, -0.05) is 36.0 Å². The molecule has 0 saturated heterocycles. The van der Waals surface area contributed by atoms with Gasteiger partial charge in [-0.2, -0.15) is 0 Å². The summed E-state index contributed by atoms with van der Waals surface area (Å²) in [6.45, 7) is 3.65. The summed E-state index contributed by atoms with van der Waals surface area (Å²) in [7, 11) is 1.82. The summed E-state index contributed by atoms with van der Waals surface area (Å²) in [5.74, 6) is -1.30. The first-order valence-electron chi connectivity index (χ1n) is 7.99. The Balaban J connectivity index is 1.83. The third-order valence-corrected chi connectivity index (χ3v) is 5.20. The van der Waals surface area contributed by atoms with Crippen molar-refractivity contribution in [2.75, 3.05) is 0 Å². The number of aryl methyl sites for hydroxylation is 1. The Morgan fingerprint density at radius 2 is 1.88 bits per heavy atom. The number of carbonyl (C=O) groups is 1. The highest BCUT2D eigenvalue weighted by atomic mass is 32.2. The monoisotopic (exact) mass is 373 g/mol. The molecule has 0 aliphatic carbocycles. The normalized spacial score (nSPS) is 12.2. The quantitative estimate of drug-likeness (QED) is 0.490. The van der Waals surface area contributed by atoms with E-state index < -0.39 is 22.7 Å². The van der Waals surface area contributed by atoms with E-state index in [4.69, 9.17) is 0 Å². The van der Waals surface area contributed by atoms with E-state index in [0.717, 1.165) is 17.2 Å². The van der Waals surface area contributed by atoms with E-state index in [1.54, 1.807) is 11.5 Å². The van der Waals surface area contributed by atoms with Crippen LogP contribution in [0.15, 0.2) is 47.6 Å². The molecular weight excluding hydrogens is 356 g/mol. The van der Waals surface area contributed by atoms with Gasteiger partial charge >= 0.3 is 0 Å². The Bertz CT molecular complexity index is 971. The first-order chi connectivity index (χ1) is 12.4. The SMILES string of the molecule is Cc1ccccc1-c1nnc(SC(C)C(=O)c2ccc(F)cc2F)n1C. The van der Waals surface area contributed by atoms with Gasteiger partial charge < -0.3 is 4.57 Å². The van der Waals surface area contributed by atoms with Crippen molar-refractivity contribution in [3.63, 3.8) is 0 Å². The largest absolute Gasteiger partial charge is 0.305 e. The Kier molecular flexibility index (Phi) is 5.18. The zero-order valence-electron chi connectivity index (χ0n) is 14.5. The molecule has 0 aliphatic heterocycles. The second-order valence-electron chi connectivity index (χ2n) is 5.93. The lowest BCUT2D eigenvalue weighted by Crippen LogP contribution is -2.16. The second kappa shape index (κ2) is 7.37. The van der Waals surface area contributed by atoms with Gasteiger partial charge in [0.25, 0.3) is 0 Å². The lowest BCUT2D eigenvalue weighted by atomic mass is 10.1. The summed E-state index contributed by atoms with van der Waals surface area (Å²) in [4.78, 5) is 12.5. The first-order valence-corrected chi connectivity index (χ1v) is 8.87. The molecule has 26 heavy (non-hydrogen) atoms. The molecule has 0 N–H and O–H groups in total. The molecule has 0 bridgehead atoms. The van der Waals surface area contributed by atoms with Crippen LogP contribution in [0.4, 0.5) is 8.78 Å². The Labute approximate surface area is 154 Å². The summed E-state index contributed by atoms with van der Waals surface area (Å²) in [5.41, 5.74) is 1.89. The highest BCUT2D eigenvalue weighted by Gasteiger charge is 2.23. The maximum atomic E-state index is 13.8. The number of hydrogen-bond donors (Lipinski definition) is 0. The molecule has 1 aromatic heterocycles. The minimum atomic E-state index is -0.860. The van der Waals surface area contributed by atoms with Gasteiger partial charge in [-0.05, 0) is 31.5 Å². The van der Waals surface area contributed by atoms with Crippen molar-refractivity contribution in [2.24, 2.45) is 7.05 Å². The van der Waals surface area contributed by atoms with E-state index in [1.807, 2.05) is 38.2 Å². The number of halogens is 2. The fraction of sp³-hybridized carbons (Fsp3) is 0.211. The first kappa shape index (κ1) is 18.3. The molecule has 0 amide bonds. The molecule has 1 atom stereocenters. The Morgan fingerprint density at radius 3 is 2.58 bits per heavy atom. The van der Waals surface area contributed by atoms with Gasteiger partial charge in [-0.3, -0.25) is 4.79 Å². The third-order valence-electron chi connectivity index (χ3n) is 4.07. The number of nitrogens with zero attached hydrogens (tertiary/aromatic N) is 3. The number of carbonyl (C=O) groups excluding carboxylic acids is 1. The minimum Gasteiger partial charge on any atom is -0.305 e. The molecular formula is C19H17F2N3OS. The topological polar surface area (TPSA) is 47.8 Å². The van der Waals surface area contributed by atoms with Gasteiger partial charge in [0.2, 0.25) is 0 Å². The van der Waals surface area contributed by atoms with E-state index >= 15 is 0 Å². The molecule has 4 nitrogen and oxygen atoms in total. The van der Waals surface area contributed by atoms with Gasteiger partial charge in [0.1, 0.15) is 11.6 Å². The number of ketones is 1. The van der Waals surface area contributed by atoms with Crippen LogP contribution in [0.2, 0.25) is 0 Å².